The number of hydrogen-bond acceptors (Lipinski definition) is 4. The van der Waals surface area contributed by atoms with Crippen LogP contribution in [0.2, 0.25) is 10.2 Å². The molecule has 0 saturated heterocycles. The minimum absolute atomic E-state index is 0.0223. The number of carbonyl (C=O) groups is 1. The molecule has 0 fully saturated rings. The predicted molar refractivity (Wildman–Crippen MR) is 64.2 cm³/mol. The Morgan fingerprint density at radius 3 is 2.67 bits per heavy atom. The third-order valence-electron chi connectivity index (χ3n) is 1.94. The maximum absolute atomic E-state index is 12.6. The first-order valence-electron chi connectivity index (χ1n) is 4.67. The normalized spacial score (nSPS) is 10.2. The van der Waals surface area contributed by atoms with E-state index >= 15 is 0 Å². The number of hydrogen-bond donors (Lipinski definition) is 1. The van der Waals surface area contributed by atoms with Crippen LogP contribution in [0.1, 0.15) is 10.5 Å². The lowest BCUT2D eigenvalue weighted by molar-refractivity contribution is 0.102. The van der Waals surface area contributed by atoms with Gasteiger partial charge in [0.05, 0.1) is 6.20 Å². The largest absolute Gasteiger partial charge is 0.304 e. The number of halogens is 3. The lowest BCUT2D eigenvalue weighted by Crippen LogP contribution is -2.15. The van der Waals surface area contributed by atoms with Crippen molar-refractivity contribution in [2.45, 2.75) is 0 Å². The maximum Gasteiger partial charge on any atom is 0.275 e. The summed E-state index contributed by atoms with van der Waals surface area (Å²) in [5.74, 6) is -1.05. The van der Waals surface area contributed by atoms with E-state index in [2.05, 4.69) is 20.3 Å². The number of anilines is 1. The van der Waals surface area contributed by atoms with Gasteiger partial charge in [0.1, 0.15) is 22.9 Å². The van der Waals surface area contributed by atoms with Gasteiger partial charge in [-0.3, -0.25) is 4.79 Å². The molecule has 5 nitrogen and oxygen atoms in total. The number of nitrogens with zero attached hydrogens (tertiary/aromatic N) is 3. The van der Waals surface area contributed by atoms with Gasteiger partial charge in [-0.05, 0) is 12.1 Å². The lowest BCUT2D eigenvalue weighted by Gasteiger charge is -2.05. The quantitative estimate of drug-likeness (QED) is 0.862. The molecule has 0 atom stereocenters. The second-order valence-corrected chi connectivity index (χ2v) is 3.88. The molecule has 0 radical (unpaired) electrons. The van der Waals surface area contributed by atoms with E-state index in [1.807, 2.05) is 0 Å². The van der Waals surface area contributed by atoms with Gasteiger partial charge in [-0.25, -0.2) is 19.3 Å². The van der Waals surface area contributed by atoms with Gasteiger partial charge in [-0.2, -0.15) is 0 Å². The van der Waals surface area contributed by atoms with Gasteiger partial charge in [-0.1, -0.05) is 23.2 Å². The van der Waals surface area contributed by atoms with Crippen LogP contribution in [0.15, 0.2) is 24.7 Å². The number of pyridine rings is 1. The van der Waals surface area contributed by atoms with Crippen LogP contribution in [0, 0.1) is 5.82 Å². The molecule has 2 heterocycles. The summed E-state index contributed by atoms with van der Waals surface area (Å²) in [6.45, 7) is 0. The first kappa shape index (κ1) is 12.7. The van der Waals surface area contributed by atoms with E-state index in [1.165, 1.54) is 6.07 Å². The van der Waals surface area contributed by atoms with Crippen molar-refractivity contribution >= 4 is 34.9 Å². The first-order valence-corrected chi connectivity index (χ1v) is 5.42. The van der Waals surface area contributed by atoms with Crippen LogP contribution in [0.5, 0.6) is 0 Å². The van der Waals surface area contributed by atoms with E-state index in [0.29, 0.717) is 0 Å². The van der Waals surface area contributed by atoms with Gasteiger partial charge in [0.15, 0.2) is 11.0 Å². The molecule has 1 amide bonds. The number of carbonyl (C=O) groups excluding carboxylic acids is 1. The van der Waals surface area contributed by atoms with Crippen LogP contribution in [-0.2, 0) is 0 Å². The van der Waals surface area contributed by atoms with E-state index in [9.17, 15) is 9.18 Å². The number of aromatic nitrogens is 3. The third-order valence-corrected chi connectivity index (χ3v) is 2.68. The molecular formula is C10H5Cl2FN4O. The molecule has 0 bridgehead atoms. The van der Waals surface area contributed by atoms with Gasteiger partial charge in [0, 0.05) is 0 Å². The summed E-state index contributed by atoms with van der Waals surface area (Å²) in [4.78, 5) is 22.7. The first-order chi connectivity index (χ1) is 8.58. The standard InChI is InChI=1S/C10H5Cl2FN4O/c11-7-8(12)15-4-16-9(7)17-10(18)6-2-1-5(13)3-14-6/h1-4H,(H,15,16,17,18). The molecule has 0 spiro atoms. The van der Waals surface area contributed by atoms with Crippen molar-refractivity contribution in [1.82, 2.24) is 15.0 Å². The molecule has 92 valence electrons. The van der Waals surface area contributed by atoms with E-state index in [4.69, 9.17) is 23.2 Å². The van der Waals surface area contributed by atoms with Crippen LogP contribution < -0.4 is 5.32 Å². The summed E-state index contributed by atoms with van der Waals surface area (Å²) in [5.41, 5.74) is 0.0298. The highest BCUT2D eigenvalue weighted by Crippen LogP contribution is 2.25. The molecule has 0 aliphatic carbocycles. The number of nitrogens with one attached hydrogen (secondary N) is 1. The summed E-state index contributed by atoms with van der Waals surface area (Å²) in [5, 5.41) is 2.44. The fourth-order valence-corrected chi connectivity index (χ4v) is 1.40. The van der Waals surface area contributed by atoms with Crippen molar-refractivity contribution in [2.24, 2.45) is 0 Å². The number of rotatable bonds is 2. The second-order valence-electron chi connectivity index (χ2n) is 3.14. The van der Waals surface area contributed by atoms with Crippen LogP contribution in [0.3, 0.4) is 0 Å². The molecule has 1 N–H and O–H groups in total. The van der Waals surface area contributed by atoms with Gasteiger partial charge >= 0.3 is 0 Å². The maximum atomic E-state index is 12.6. The van der Waals surface area contributed by atoms with Crippen LogP contribution in [0.25, 0.3) is 0 Å². The molecule has 2 rings (SSSR count). The highest BCUT2D eigenvalue weighted by molar-refractivity contribution is 6.43. The highest BCUT2D eigenvalue weighted by atomic mass is 35.5. The Bertz CT molecular complexity index is 591. The Hall–Kier alpha value is -1.79. The van der Waals surface area contributed by atoms with Crippen molar-refractivity contribution in [1.29, 1.82) is 0 Å². The Balaban J connectivity index is 2.21. The smallest absolute Gasteiger partial charge is 0.275 e. The SMILES string of the molecule is O=C(Nc1ncnc(Cl)c1Cl)c1ccc(F)cn1. The molecule has 8 heteroatoms. The molecule has 2 aromatic heterocycles. The molecule has 0 aliphatic heterocycles. The second kappa shape index (κ2) is 5.24. The minimum atomic E-state index is -0.577. The Morgan fingerprint density at radius 1 is 1.22 bits per heavy atom. The molecule has 0 aliphatic rings. The van der Waals surface area contributed by atoms with Crippen molar-refractivity contribution in [3.8, 4) is 0 Å². The Labute approximate surface area is 111 Å². The Morgan fingerprint density at radius 2 is 2.00 bits per heavy atom. The molecule has 0 saturated carbocycles. The van der Waals surface area contributed by atoms with Crippen LogP contribution >= 0.6 is 23.2 Å². The zero-order chi connectivity index (χ0) is 13.1. The van der Waals surface area contributed by atoms with Gasteiger partial charge in [0.25, 0.3) is 5.91 Å². The fraction of sp³-hybridized carbons (Fsp3) is 0. The fourth-order valence-electron chi connectivity index (χ4n) is 1.12. The van der Waals surface area contributed by atoms with Gasteiger partial charge in [0.2, 0.25) is 0 Å². The summed E-state index contributed by atoms with van der Waals surface area (Å²) >= 11 is 11.5. The van der Waals surface area contributed by atoms with Crippen LogP contribution in [0.4, 0.5) is 10.2 Å². The molecule has 0 unspecified atom stereocenters. The molecular weight excluding hydrogens is 282 g/mol. The topological polar surface area (TPSA) is 67.8 Å². The van der Waals surface area contributed by atoms with E-state index in [0.717, 1.165) is 18.6 Å². The van der Waals surface area contributed by atoms with Crippen molar-refractivity contribution in [3.05, 3.63) is 46.3 Å². The van der Waals surface area contributed by atoms with Crippen molar-refractivity contribution in [3.63, 3.8) is 0 Å². The van der Waals surface area contributed by atoms with E-state index in [1.54, 1.807) is 0 Å². The lowest BCUT2D eigenvalue weighted by atomic mass is 10.3. The summed E-state index contributed by atoms with van der Waals surface area (Å²) < 4.78 is 12.6. The Kier molecular flexibility index (Phi) is 3.69. The summed E-state index contributed by atoms with van der Waals surface area (Å²) in [7, 11) is 0. The van der Waals surface area contributed by atoms with Gasteiger partial charge in [-0.15, -0.1) is 0 Å². The summed E-state index contributed by atoms with van der Waals surface area (Å²) in [6, 6.07) is 2.36. The average molecular weight is 287 g/mol. The van der Waals surface area contributed by atoms with Crippen molar-refractivity contribution < 1.29 is 9.18 Å². The van der Waals surface area contributed by atoms with Crippen LogP contribution in [-0.4, -0.2) is 20.9 Å². The third kappa shape index (κ3) is 2.72. The van der Waals surface area contributed by atoms with E-state index < -0.39 is 11.7 Å². The minimum Gasteiger partial charge on any atom is -0.304 e. The van der Waals surface area contributed by atoms with Gasteiger partial charge < -0.3 is 5.32 Å². The highest BCUT2D eigenvalue weighted by Gasteiger charge is 2.13. The molecule has 18 heavy (non-hydrogen) atoms. The predicted octanol–water partition coefficient (Wildman–Crippen LogP) is 2.57. The monoisotopic (exact) mass is 286 g/mol. The molecule has 2 aromatic rings. The zero-order valence-electron chi connectivity index (χ0n) is 8.69. The van der Waals surface area contributed by atoms with E-state index in [-0.39, 0.29) is 21.7 Å². The number of amides is 1. The van der Waals surface area contributed by atoms with Crippen molar-refractivity contribution in [2.75, 3.05) is 5.32 Å². The average Bonchev–Trinajstić information content (AvgIpc) is 2.36. The molecule has 0 aromatic carbocycles. The zero-order valence-corrected chi connectivity index (χ0v) is 10.2. The summed E-state index contributed by atoms with van der Waals surface area (Å²) in [6.07, 6.45) is 2.09.